The number of benzene rings is 1. The number of amides is 2. The van der Waals surface area contributed by atoms with Crippen molar-refractivity contribution in [1.82, 2.24) is 15.5 Å². The van der Waals surface area contributed by atoms with Gasteiger partial charge in [0.05, 0.1) is 6.54 Å². The minimum absolute atomic E-state index is 0.0323. The van der Waals surface area contributed by atoms with Crippen LogP contribution in [-0.2, 0) is 16.1 Å². The zero-order valence-electron chi connectivity index (χ0n) is 13.4. The minimum Gasteiger partial charge on any atom is -0.350 e. The van der Waals surface area contributed by atoms with Crippen molar-refractivity contribution in [3.63, 3.8) is 0 Å². The molecule has 1 unspecified atom stereocenters. The Labute approximate surface area is 130 Å². The Bertz CT molecular complexity index is 491. The maximum absolute atomic E-state index is 12.8. The molecule has 0 bridgehead atoms. The van der Waals surface area contributed by atoms with Gasteiger partial charge in [0, 0.05) is 25.6 Å². The summed E-state index contributed by atoms with van der Waals surface area (Å²) in [6.07, 6.45) is 0. The number of hydrogen-bond donors (Lipinski definition) is 2. The van der Waals surface area contributed by atoms with E-state index in [1.165, 1.54) is 17.0 Å². The van der Waals surface area contributed by atoms with Gasteiger partial charge in [0.15, 0.2) is 0 Å². The molecule has 1 rings (SSSR count). The van der Waals surface area contributed by atoms with Crippen molar-refractivity contribution in [3.05, 3.63) is 35.6 Å². The molecule has 0 aliphatic carbocycles. The molecule has 0 saturated carbocycles. The van der Waals surface area contributed by atoms with Crippen LogP contribution in [0.3, 0.4) is 0 Å². The van der Waals surface area contributed by atoms with Gasteiger partial charge in [-0.2, -0.15) is 0 Å². The lowest BCUT2D eigenvalue weighted by molar-refractivity contribution is -0.138. The van der Waals surface area contributed by atoms with Crippen LogP contribution in [0.1, 0.15) is 19.4 Å². The van der Waals surface area contributed by atoms with E-state index >= 15 is 0 Å². The van der Waals surface area contributed by atoms with Gasteiger partial charge in [-0.25, -0.2) is 4.39 Å². The molecule has 0 spiro atoms. The van der Waals surface area contributed by atoms with Crippen molar-refractivity contribution < 1.29 is 14.0 Å². The van der Waals surface area contributed by atoms with Gasteiger partial charge in [-0.3, -0.25) is 9.59 Å². The maximum Gasteiger partial charge on any atom is 0.239 e. The fourth-order valence-electron chi connectivity index (χ4n) is 2.08. The van der Waals surface area contributed by atoms with E-state index in [2.05, 4.69) is 10.6 Å². The Hall–Kier alpha value is -1.95. The average Bonchev–Trinajstić information content (AvgIpc) is 2.51. The molecular formula is C16H24FN3O2. The van der Waals surface area contributed by atoms with Crippen molar-refractivity contribution in [2.24, 2.45) is 5.92 Å². The summed E-state index contributed by atoms with van der Waals surface area (Å²) >= 11 is 0. The molecule has 0 saturated heterocycles. The SMILES string of the molecule is CCN(CC(=O)NCc1ccc(F)cc1)C(=O)C(C)CNC. The summed E-state index contributed by atoms with van der Waals surface area (Å²) in [5.74, 6) is -0.754. The number of halogens is 1. The number of hydrogen-bond acceptors (Lipinski definition) is 3. The van der Waals surface area contributed by atoms with Crippen molar-refractivity contribution >= 4 is 11.8 Å². The summed E-state index contributed by atoms with van der Waals surface area (Å²) in [6, 6.07) is 5.94. The smallest absolute Gasteiger partial charge is 0.239 e. The molecule has 1 aromatic rings. The predicted molar refractivity (Wildman–Crippen MR) is 83.6 cm³/mol. The van der Waals surface area contributed by atoms with E-state index in [0.29, 0.717) is 19.6 Å². The molecule has 0 radical (unpaired) electrons. The molecule has 2 amide bonds. The average molecular weight is 309 g/mol. The van der Waals surface area contributed by atoms with Gasteiger partial charge in [-0.15, -0.1) is 0 Å². The quantitative estimate of drug-likeness (QED) is 0.757. The van der Waals surface area contributed by atoms with Crippen LogP contribution in [0.4, 0.5) is 4.39 Å². The number of nitrogens with one attached hydrogen (secondary N) is 2. The first-order chi connectivity index (χ1) is 10.5. The van der Waals surface area contributed by atoms with Crippen LogP contribution < -0.4 is 10.6 Å². The monoisotopic (exact) mass is 309 g/mol. The van der Waals surface area contributed by atoms with E-state index in [-0.39, 0.29) is 30.1 Å². The third-order valence-corrected chi connectivity index (χ3v) is 3.36. The van der Waals surface area contributed by atoms with Gasteiger partial charge in [-0.1, -0.05) is 19.1 Å². The Morgan fingerprint density at radius 3 is 2.45 bits per heavy atom. The molecule has 0 aliphatic rings. The summed E-state index contributed by atoms with van der Waals surface area (Å²) in [4.78, 5) is 25.6. The van der Waals surface area contributed by atoms with Gasteiger partial charge in [-0.05, 0) is 31.7 Å². The minimum atomic E-state index is -0.309. The topological polar surface area (TPSA) is 61.4 Å². The van der Waals surface area contributed by atoms with E-state index in [1.807, 2.05) is 13.8 Å². The Balaban J connectivity index is 2.47. The molecule has 0 fully saturated rings. The van der Waals surface area contributed by atoms with E-state index in [0.717, 1.165) is 5.56 Å². The van der Waals surface area contributed by atoms with Gasteiger partial charge in [0.25, 0.3) is 0 Å². The fourth-order valence-corrected chi connectivity index (χ4v) is 2.08. The molecule has 5 nitrogen and oxygen atoms in total. The second-order valence-electron chi connectivity index (χ2n) is 5.21. The zero-order valence-corrected chi connectivity index (χ0v) is 13.4. The van der Waals surface area contributed by atoms with Crippen LogP contribution in [0.15, 0.2) is 24.3 Å². The van der Waals surface area contributed by atoms with Crippen molar-refractivity contribution in [2.75, 3.05) is 26.7 Å². The Morgan fingerprint density at radius 2 is 1.91 bits per heavy atom. The van der Waals surface area contributed by atoms with Crippen LogP contribution in [0.2, 0.25) is 0 Å². The van der Waals surface area contributed by atoms with Crippen LogP contribution in [0.25, 0.3) is 0 Å². The molecular weight excluding hydrogens is 285 g/mol. The maximum atomic E-state index is 12.8. The molecule has 0 aromatic heterocycles. The standard InChI is InChI=1S/C16H24FN3O2/c1-4-20(16(22)12(2)9-18-3)11-15(21)19-10-13-5-7-14(17)8-6-13/h5-8,12,18H,4,9-11H2,1-3H3,(H,19,21). The number of rotatable bonds is 8. The van der Waals surface area contributed by atoms with E-state index in [1.54, 1.807) is 19.2 Å². The number of carbonyl (C=O) groups is 2. The van der Waals surface area contributed by atoms with Crippen molar-refractivity contribution in [1.29, 1.82) is 0 Å². The second-order valence-corrected chi connectivity index (χ2v) is 5.21. The Kier molecular flexibility index (Phi) is 7.52. The fraction of sp³-hybridized carbons (Fsp3) is 0.500. The highest BCUT2D eigenvalue weighted by Gasteiger charge is 2.20. The first kappa shape index (κ1) is 18.1. The molecule has 0 heterocycles. The second kappa shape index (κ2) is 9.15. The predicted octanol–water partition coefficient (Wildman–Crippen LogP) is 1.15. The lowest BCUT2D eigenvalue weighted by atomic mass is 10.1. The Morgan fingerprint density at radius 1 is 1.27 bits per heavy atom. The third kappa shape index (κ3) is 5.81. The zero-order chi connectivity index (χ0) is 16.5. The van der Waals surface area contributed by atoms with Crippen molar-refractivity contribution in [3.8, 4) is 0 Å². The summed E-state index contributed by atoms with van der Waals surface area (Å²) in [5.41, 5.74) is 0.813. The van der Waals surface area contributed by atoms with E-state index < -0.39 is 0 Å². The largest absolute Gasteiger partial charge is 0.350 e. The summed E-state index contributed by atoms with van der Waals surface area (Å²) in [6.45, 7) is 5.08. The van der Waals surface area contributed by atoms with Gasteiger partial charge < -0.3 is 15.5 Å². The van der Waals surface area contributed by atoms with Gasteiger partial charge >= 0.3 is 0 Å². The highest BCUT2D eigenvalue weighted by molar-refractivity contribution is 5.85. The molecule has 0 aliphatic heterocycles. The molecule has 122 valence electrons. The van der Waals surface area contributed by atoms with Crippen LogP contribution in [0, 0.1) is 11.7 Å². The molecule has 1 aromatic carbocycles. The van der Waals surface area contributed by atoms with Gasteiger partial charge in [0.2, 0.25) is 11.8 Å². The third-order valence-electron chi connectivity index (χ3n) is 3.36. The van der Waals surface area contributed by atoms with Crippen molar-refractivity contribution in [2.45, 2.75) is 20.4 Å². The van der Waals surface area contributed by atoms with E-state index in [4.69, 9.17) is 0 Å². The van der Waals surface area contributed by atoms with Crippen LogP contribution >= 0.6 is 0 Å². The summed E-state index contributed by atoms with van der Waals surface area (Å²) < 4.78 is 12.8. The van der Waals surface area contributed by atoms with E-state index in [9.17, 15) is 14.0 Å². The number of nitrogens with zero attached hydrogens (tertiary/aromatic N) is 1. The molecule has 6 heteroatoms. The van der Waals surface area contributed by atoms with Crippen LogP contribution in [-0.4, -0.2) is 43.4 Å². The molecule has 22 heavy (non-hydrogen) atoms. The molecule has 1 atom stereocenters. The lowest BCUT2D eigenvalue weighted by Gasteiger charge is -2.23. The molecule has 2 N–H and O–H groups in total. The summed E-state index contributed by atoms with van der Waals surface area (Å²) in [7, 11) is 1.79. The normalized spacial score (nSPS) is 11.8. The highest BCUT2D eigenvalue weighted by atomic mass is 19.1. The highest BCUT2D eigenvalue weighted by Crippen LogP contribution is 2.03. The lowest BCUT2D eigenvalue weighted by Crippen LogP contribution is -2.44. The number of likely N-dealkylation sites (N-methyl/N-ethyl adjacent to an activating group) is 1. The first-order valence-corrected chi connectivity index (χ1v) is 7.42. The first-order valence-electron chi connectivity index (χ1n) is 7.42. The van der Waals surface area contributed by atoms with Crippen LogP contribution in [0.5, 0.6) is 0 Å². The summed E-state index contributed by atoms with van der Waals surface area (Å²) in [5, 5.41) is 5.69. The van der Waals surface area contributed by atoms with Gasteiger partial charge in [0.1, 0.15) is 5.82 Å². The number of carbonyl (C=O) groups excluding carboxylic acids is 2.